The van der Waals surface area contributed by atoms with Gasteiger partial charge in [0.25, 0.3) is 5.56 Å². The van der Waals surface area contributed by atoms with E-state index in [1.165, 1.54) is 0 Å². The van der Waals surface area contributed by atoms with E-state index < -0.39 is 17.6 Å². The summed E-state index contributed by atoms with van der Waals surface area (Å²) in [6.07, 6.45) is 0.719. The molecule has 1 amide bonds. The van der Waals surface area contributed by atoms with Crippen LogP contribution in [-0.4, -0.2) is 11.1 Å². The van der Waals surface area contributed by atoms with Crippen LogP contribution < -0.4 is 11.3 Å². The highest BCUT2D eigenvalue weighted by Gasteiger charge is 2.34. The molecule has 3 N–H and O–H groups in total. The fraction of sp³-hybridized carbons (Fsp3) is 0.600. The molecule has 1 fully saturated rings. The van der Waals surface area contributed by atoms with Gasteiger partial charge in [-0.3, -0.25) is 4.79 Å². The molecule has 0 spiro atoms. The first-order valence-electron chi connectivity index (χ1n) is 6.90. The van der Waals surface area contributed by atoms with Crippen molar-refractivity contribution >= 4 is 6.09 Å². The molecular formula is C15H22N2O3. The van der Waals surface area contributed by atoms with Gasteiger partial charge >= 0.3 is 6.09 Å². The zero-order chi connectivity index (χ0) is 15.1. The van der Waals surface area contributed by atoms with E-state index in [4.69, 9.17) is 10.5 Å². The van der Waals surface area contributed by atoms with Gasteiger partial charge in [-0.1, -0.05) is 20.8 Å². The highest BCUT2D eigenvalue weighted by molar-refractivity contribution is 5.65. The number of aromatic amines is 1. The molecule has 5 nitrogen and oxygen atoms in total. The zero-order valence-corrected chi connectivity index (χ0v) is 12.4. The van der Waals surface area contributed by atoms with E-state index in [0.29, 0.717) is 11.5 Å². The van der Waals surface area contributed by atoms with Crippen molar-refractivity contribution in [2.75, 3.05) is 0 Å². The highest BCUT2D eigenvalue weighted by atomic mass is 16.6. The van der Waals surface area contributed by atoms with Gasteiger partial charge in [0.2, 0.25) is 0 Å². The number of hydrogen-bond acceptors (Lipinski definition) is 3. The quantitative estimate of drug-likeness (QED) is 0.891. The molecule has 1 aliphatic carbocycles. The number of amides is 1. The molecule has 20 heavy (non-hydrogen) atoms. The van der Waals surface area contributed by atoms with E-state index >= 15 is 0 Å². The second kappa shape index (κ2) is 4.96. The number of nitrogens with one attached hydrogen (secondary N) is 1. The molecule has 0 aliphatic heterocycles. The minimum atomic E-state index is -0.866. The van der Waals surface area contributed by atoms with Gasteiger partial charge in [0.05, 0.1) is 5.56 Å². The predicted octanol–water partition coefficient (Wildman–Crippen LogP) is 2.74. The maximum atomic E-state index is 12.4. The van der Waals surface area contributed by atoms with Crippen molar-refractivity contribution < 1.29 is 9.53 Å². The molecule has 1 aromatic rings. The zero-order valence-electron chi connectivity index (χ0n) is 12.4. The summed E-state index contributed by atoms with van der Waals surface area (Å²) in [6, 6.07) is 1.98. The molecule has 1 saturated carbocycles. The fourth-order valence-electron chi connectivity index (χ4n) is 2.45. The summed E-state index contributed by atoms with van der Waals surface area (Å²) in [5.41, 5.74) is 6.85. The van der Waals surface area contributed by atoms with Crippen molar-refractivity contribution in [1.29, 1.82) is 0 Å². The topological polar surface area (TPSA) is 85.2 Å². The predicted molar refractivity (Wildman–Crippen MR) is 76.6 cm³/mol. The third-order valence-electron chi connectivity index (χ3n) is 3.60. The van der Waals surface area contributed by atoms with Crippen molar-refractivity contribution in [2.24, 2.45) is 11.1 Å². The lowest BCUT2D eigenvalue weighted by atomic mass is 9.83. The lowest BCUT2D eigenvalue weighted by Gasteiger charge is -2.30. The highest BCUT2D eigenvalue weighted by Crippen LogP contribution is 2.40. The monoisotopic (exact) mass is 278 g/mol. The van der Waals surface area contributed by atoms with Crippen LogP contribution in [0.5, 0.6) is 0 Å². The number of nitrogens with two attached hydrogens (primary N) is 1. The SMILES string of the molecule is Cc1cc(C2CC2)[nH]c(=O)c1C(OC(N)=O)C(C)(C)C. The van der Waals surface area contributed by atoms with Crippen molar-refractivity contribution in [3.8, 4) is 0 Å². The van der Waals surface area contributed by atoms with Crippen molar-refractivity contribution in [3.63, 3.8) is 0 Å². The largest absolute Gasteiger partial charge is 0.441 e. The van der Waals surface area contributed by atoms with Gasteiger partial charge in [-0.2, -0.15) is 0 Å². The molecule has 0 aromatic carbocycles. The molecule has 0 saturated heterocycles. The summed E-state index contributed by atoms with van der Waals surface area (Å²) in [5.74, 6) is 0.473. The molecule has 110 valence electrons. The van der Waals surface area contributed by atoms with E-state index in [-0.39, 0.29) is 5.56 Å². The van der Waals surface area contributed by atoms with Gasteiger partial charge < -0.3 is 15.5 Å². The van der Waals surface area contributed by atoms with E-state index in [2.05, 4.69) is 4.98 Å². The Labute approximate surface area is 118 Å². The number of carbonyl (C=O) groups excluding carboxylic acids is 1. The third kappa shape index (κ3) is 3.03. The van der Waals surface area contributed by atoms with Crippen LogP contribution in [0.1, 0.15) is 62.5 Å². The minimum absolute atomic E-state index is 0.187. The summed E-state index contributed by atoms with van der Waals surface area (Å²) in [7, 11) is 0. The first-order valence-corrected chi connectivity index (χ1v) is 6.90. The van der Waals surface area contributed by atoms with Crippen LogP contribution in [0.25, 0.3) is 0 Å². The van der Waals surface area contributed by atoms with Crippen molar-refractivity contribution in [3.05, 3.63) is 33.2 Å². The lowest BCUT2D eigenvalue weighted by Crippen LogP contribution is -2.32. The van der Waals surface area contributed by atoms with E-state index in [9.17, 15) is 9.59 Å². The first kappa shape index (κ1) is 14.6. The first-order chi connectivity index (χ1) is 9.20. The van der Waals surface area contributed by atoms with Gasteiger partial charge in [-0.25, -0.2) is 4.79 Å². The Morgan fingerprint density at radius 2 is 2.05 bits per heavy atom. The van der Waals surface area contributed by atoms with Crippen LogP contribution >= 0.6 is 0 Å². The van der Waals surface area contributed by atoms with Crippen LogP contribution in [0.2, 0.25) is 0 Å². The second-order valence-electron chi connectivity index (χ2n) is 6.61. The average molecular weight is 278 g/mol. The molecule has 0 radical (unpaired) electrons. The molecule has 1 aliphatic rings. The Kier molecular flexibility index (Phi) is 3.63. The molecule has 5 heteroatoms. The summed E-state index contributed by atoms with van der Waals surface area (Å²) in [5, 5.41) is 0. The lowest BCUT2D eigenvalue weighted by molar-refractivity contribution is 0.0346. The number of hydrogen-bond donors (Lipinski definition) is 2. The Morgan fingerprint density at radius 3 is 2.45 bits per heavy atom. The third-order valence-corrected chi connectivity index (χ3v) is 3.60. The van der Waals surface area contributed by atoms with Crippen LogP contribution in [0.15, 0.2) is 10.9 Å². The number of carbonyl (C=O) groups is 1. The Balaban J connectivity index is 2.47. The van der Waals surface area contributed by atoms with Gasteiger partial charge in [-0.15, -0.1) is 0 Å². The number of primary amides is 1. The summed E-state index contributed by atoms with van der Waals surface area (Å²) < 4.78 is 5.20. The normalized spacial score (nSPS) is 16.8. The van der Waals surface area contributed by atoms with Crippen LogP contribution in [0, 0.1) is 12.3 Å². The number of aromatic nitrogens is 1. The Hall–Kier alpha value is -1.78. The van der Waals surface area contributed by atoms with Gasteiger partial charge in [0, 0.05) is 11.1 Å². The molecule has 1 aromatic heterocycles. The van der Waals surface area contributed by atoms with Crippen LogP contribution in [-0.2, 0) is 4.74 Å². The van der Waals surface area contributed by atoms with Crippen molar-refractivity contribution in [2.45, 2.75) is 52.6 Å². The van der Waals surface area contributed by atoms with Crippen LogP contribution in [0.3, 0.4) is 0 Å². The second-order valence-corrected chi connectivity index (χ2v) is 6.61. The van der Waals surface area contributed by atoms with E-state index in [1.807, 2.05) is 33.8 Å². The standard InChI is InChI=1S/C15H22N2O3/c1-8-7-10(9-5-6-9)17-13(18)11(8)12(15(2,3)4)20-14(16)19/h7,9,12H,5-6H2,1-4H3,(H2,16,19)(H,17,18). The van der Waals surface area contributed by atoms with Gasteiger partial charge in [-0.05, 0) is 37.3 Å². The number of rotatable bonds is 3. The summed E-state index contributed by atoms with van der Waals surface area (Å²) in [6.45, 7) is 7.61. The van der Waals surface area contributed by atoms with Gasteiger partial charge in [0.15, 0.2) is 0 Å². The molecule has 1 unspecified atom stereocenters. The minimum Gasteiger partial charge on any atom is -0.441 e. The van der Waals surface area contributed by atoms with Crippen LogP contribution in [0.4, 0.5) is 4.79 Å². The van der Waals surface area contributed by atoms with Crippen molar-refractivity contribution in [1.82, 2.24) is 4.98 Å². The number of H-pyrrole nitrogens is 1. The number of pyridine rings is 1. The molecule has 1 atom stereocenters. The smallest absolute Gasteiger partial charge is 0.405 e. The summed E-state index contributed by atoms with van der Waals surface area (Å²) >= 11 is 0. The van der Waals surface area contributed by atoms with Gasteiger partial charge in [0.1, 0.15) is 6.10 Å². The maximum absolute atomic E-state index is 12.4. The Morgan fingerprint density at radius 1 is 1.45 bits per heavy atom. The molecule has 1 heterocycles. The maximum Gasteiger partial charge on any atom is 0.405 e. The fourth-order valence-corrected chi connectivity index (χ4v) is 2.45. The molecule has 0 bridgehead atoms. The average Bonchev–Trinajstić information content (AvgIpc) is 3.08. The number of aryl methyl sites for hydroxylation is 1. The molecular weight excluding hydrogens is 256 g/mol. The molecule has 2 rings (SSSR count). The van der Waals surface area contributed by atoms with E-state index in [0.717, 1.165) is 24.1 Å². The number of ether oxygens (including phenoxy) is 1. The van der Waals surface area contributed by atoms with E-state index in [1.54, 1.807) is 0 Å². The Bertz CT molecular complexity index is 580. The summed E-state index contributed by atoms with van der Waals surface area (Å²) in [4.78, 5) is 26.4.